The maximum absolute atomic E-state index is 12.7. The van der Waals surface area contributed by atoms with Crippen LogP contribution < -0.4 is 15.0 Å². The molecule has 0 saturated carbocycles. The standard InChI is InChI=1S/C22H23N5O2/c1-3-29-21-18(20(28)24-13-17-6-4-5-10-23-17)14-25-22(26-21)27-11-9-16-12-15(2)7-8-19(16)27/h4-8,10,12,14H,3,9,11,13H2,1-2H3,(H,24,28). The summed E-state index contributed by atoms with van der Waals surface area (Å²) in [5.41, 5.74) is 4.71. The lowest BCUT2D eigenvalue weighted by Crippen LogP contribution is -2.25. The monoisotopic (exact) mass is 389 g/mol. The zero-order valence-electron chi connectivity index (χ0n) is 16.6. The first-order valence-corrected chi connectivity index (χ1v) is 9.70. The van der Waals surface area contributed by atoms with E-state index in [0.29, 0.717) is 24.7 Å². The number of aromatic nitrogens is 3. The number of ether oxygens (including phenoxy) is 1. The molecule has 7 nitrogen and oxygen atoms in total. The van der Waals surface area contributed by atoms with E-state index in [-0.39, 0.29) is 11.8 Å². The molecule has 0 saturated heterocycles. The average Bonchev–Trinajstić information content (AvgIpc) is 3.16. The summed E-state index contributed by atoms with van der Waals surface area (Å²) < 4.78 is 5.66. The SMILES string of the molecule is CCOc1nc(N2CCc3cc(C)ccc32)ncc1C(=O)NCc1ccccn1. The number of hydrogen-bond acceptors (Lipinski definition) is 6. The van der Waals surface area contributed by atoms with Crippen molar-refractivity contribution in [3.8, 4) is 5.88 Å². The zero-order chi connectivity index (χ0) is 20.2. The van der Waals surface area contributed by atoms with Crippen molar-refractivity contribution in [1.29, 1.82) is 0 Å². The Bertz CT molecular complexity index is 1020. The Morgan fingerprint density at radius 1 is 1.24 bits per heavy atom. The third-order valence-electron chi connectivity index (χ3n) is 4.79. The van der Waals surface area contributed by atoms with Gasteiger partial charge in [-0.3, -0.25) is 9.78 Å². The third kappa shape index (κ3) is 4.03. The number of aryl methyl sites for hydroxylation is 1. The zero-order valence-corrected chi connectivity index (χ0v) is 16.6. The number of carbonyl (C=O) groups excluding carboxylic acids is 1. The van der Waals surface area contributed by atoms with Gasteiger partial charge in [-0.25, -0.2) is 4.98 Å². The average molecular weight is 389 g/mol. The van der Waals surface area contributed by atoms with Gasteiger partial charge in [-0.15, -0.1) is 0 Å². The first-order valence-electron chi connectivity index (χ1n) is 9.70. The molecule has 1 aliphatic rings. The minimum atomic E-state index is -0.289. The Balaban J connectivity index is 1.57. The number of hydrogen-bond donors (Lipinski definition) is 1. The molecule has 3 aromatic rings. The molecule has 0 spiro atoms. The molecule has 3 heterocycles. The Morgan fingerprint density at radius 2 is 2.14 bits per heavy atom. The van der Waals surface area contributed by atoms with Crippen LogP contribution >= 0.6 is 0 Å². The summed E-state index contributed by atoms with van der Waals surface area (Å²) in [4.78, 5) is 28.0. The first-order chi connectivity index (χ1) is 14.2. The van der Waals surface area contributed by atoms with E-state index in [0.717, 1.165) is 24.3 Å². The summed E-state index contributed by atoms with van der Waals surface area (Å²) >= 11 is 0. The summed E-state index contributed by atoms with van der Waals surface area (Å²) in [6.07, 6.45) is 4.17. The molecular weight excluding hydrogens is 366 g/mol. The van der Waals surface area contributed by atoms with Gasteiger partial charge in [-0.2, -0.15) is 4.98 Å². The maximum Gasteiger partial charge on any atom is 0.258 e. The van der Waals surface area contributed by atoms with Crippen molar-refractivity contribution in [3.05, 3.63) is 71.2 Å². The van der Waals surface area contributed by atoms with Gasteiger partial charge >= 0.3 is 0 Å². The van der Waals surface area contributed by atoms with Crippen molar-refractivity contribution in [2.45, 2.75) is 26.8 Å². The predicted octanol–water partition coefficient (Wildman–Crippen LogP) is 3.20. The molecule has 0 aliphatic carbocycles. The fourth-order valence-electron chi connectivity index (χ4n) is 3.40. The van der Waals surface area contributed by atoms with Crippen LogP contribution in [0.3, 0.4) is 0 Å². The quantitative estimate of drug-likeness (QED) is 0.697. The number of benzene rings is 1. The molecule has 4 rings (SSSR count). The van der Waals surface area contributed by atoms with Gasteiger partial charge in [0.05, 0.1) is 18.8 Å². The second-order valence-corrected chi connectivity index (χ2v) is 6.86. The molecular formula is C22H23N5O2. The van der Waals surface area contributed by atoms with Crippen LogP contribution in [0.25, 0.3) is 0 Å². The van der Waals surface area contributed by atoms with Gasteiger partial charge in [0.25, 0.3) is 5.91 Å². The van der Waals surface area contributed by atoms with Gasteiger partial charge in [-0.1, -0.05) is 23.8 Å². The Kier molecular flexibility index (Phi) is 5.37. The van der Waals surface area contributed by atoms with Crippen molar-refractivity contribution >= 4 is 17.5 Å². The van der Waals surface area contributed by atoms with Crippen LogP contribution in [-0.2, 0) is 13.0 Å². The summed E-state index contributed by atoms with van der Waals surface area (Å²) in [6, 6.07) is 11.9. The number of nitrogens with one attached hydrogen (secondary N) is 1. The molecule has 1 amide bonds. The first kappa shape index (κ1) is 18.9. The second kappa shape index (κ2) is 8.26. The van der Waals surface area contributed by atoms with E-state index < -0.39 is 0 Å². The Labute approximate surface area is 169 Å². The predicted molar refractivity (Wildman–Crippen MR) is 110 cm³/mol. The second-order valence-electron chi connectivity index (χ2n) is 6.86. The third-order valence-corrected chi connectivity index (χ3v) is 4.79. The molecule has 1 aromatic carbocycles. The molecule has 148 valence electrons. The normalized spacial score (nSPS) is 12.6. The van der Waals surface area contributed by atoms with E-state index in [9.17, 15) is 4.79 Å². The molecule has 0 bridgehead atoms. The van der Waals surface area contributed by atoms with E-state index in [4.69, 9.17) is 4.74 Å². The van der Waals surface area contributed by atoms with Crippen molar-refractivity contribution in [2.24, 2.45) is 0 Å². The molecule has 2 aromatic heterocycles. The molecule has 1 N–H and O–H groups in total. The number of anilines is 2. The van der Waals surface area contributed by atoms with Crippen LogP contribution in [0.4, 0.5) is 11.6 Å². The number of fused-ring (bicyclic) bond motifs is 1. The maximum atomic E-state index is 12.7. The minimum absolute atomic E-state index is 0.289. The van der Waals surface area contributed by atoms with E-state index in [1.54, 1.807) is 6.20 Å². The highest BCUT2D eigenvalue weighted by Crippen LogP contribution is 2.34. The molecule has 7 heteroatoms. The largest absolute Gasteiger partial charge is 0.477 e. The molecule has 0 atom stereocenters. The molecule has 0 fully saturated rings. The van der Waals surface area contributed by atoms with Crippen LogP contribution in [0.5, 0.6) is 5.88 Å². The number of nitrogens with zero attached hydrogens (tertiary/aromatic N) is 4. The van der Waals surface area contributed by atoms with E-state index in [2.05, 4.69) is 50.3 Å². The van der Waals surface area contributed by atoms with Crippen molar-refractivity contribution < 1.29 is 9.53 Å². The lowest BCUT2D eigenvalue weighted by atomic mass is 10.1. The highest BCUT2D eigenvalue weighted by molar-refractivity contribution is 5.96. The summed E-state index contributed by atoms with van der Waals surface area (Å²) in [5, 5.41) is 2.85. The lowest BCUT2D eigenvalue weighted by Gasteiger charge is -2.19. The van der Waals surface area contributed by atoms with Gasteiger partial charge in [0.1, 0.15) is 5.56 Å². The van der Waals surface area contributed by atoms with E-state index in [1.807, 2.05) is 25.1 Å². The van der Waals surface area contributed by atoms with E-state index >= 15 is 0 Å². The Hall–Kier alpha value is -3.48. The van der Waals surface area contributed by atoms with Gasteiger partial charge < -0.3 is 15.0 Å². The number of amides is 1. The Morgan fingerprint density at radius 3 is 2.93 bits per heavy atom. The lowest BCUT2D eigenvalue weighted by molar-refractivity contribution is 0.0945. The van der Waals surface area contributed by atoms with Crippen LogP contribution in [0.1, 0.15) is 34.1 Å². The number of rotatable bonds is 6. The smallest absolute Gasteiger partial charge is 0.258 e. The summed E-state index contributed by atoms with van der Waals surface area (Å²) in [6.45, 7) is 5.49. The van der Waals surface area contributed by atoms with Crippen LogP contribution in [0.15, 0.2) is 48.8 Å². The van der Waals surface area contributed by atoms with Crippen molar-refractivity contribution in [1.82, 2.24) is 20.3 Å². The molecule has 29 heavy (non-hydrogen) atoms. The molecule has 1 aliphatic heterocycles. The van der Waals surface area contributed by atoms with Crippen LogP contribution in [0, 0.1) is 6.92 Å². The number of pyridine rings is 1. The molecule has 0 radical (unpaired) electrons. The van der Waals surface area contributed by atoms with Gasteiger partial charge in [0.15, 0.2) is 0 Å². The van der Waals surface area contributed by atoms with Gasteiger partial charge in [0, 0.05) is 24.6 Å². The van der Waals surface area contributed by atoms with Crippen LogP contribution in [0.2, 0.25) is 0 Å². The molecule has 0 unspecified atom stereocenters. The van der Waals surface area contributed by atoms with Gasteiger partial charge in [0.2, 0.25) is 11.8 Å². The van der Waals surface area contributed by atoms with Crippen molar-refractivity contribution in [3.63, 3.8) is 0 Å². The summed E-state index contributed by atoms with van der Waals surface area (Å²) in [7, 11) is 0. The van der Waals surface area contributed by atoms with E-state index in [1.165, 1.54) is 17.3 Å². The topological polar surface area (TPSA) is 80.2 Å². The fourth-order valence-corrected chi connectivity index (χ4v) is 3.40. The fraction of sp³-hybridized carbons (Fsp3) is 0.273. The highest BCUT2D eigenvalue weighted by atomic mass is 16.5. The van der Waals surface area contributed by atoms with Crippen LogP contribution in [-0.4, -0.2) is 34.0 Å². The summed E-state index contributed by atoms with van der Waals surface area (Å²) in [5.74, 6) is 0.539. The highest BCUT2D eigenvalue weighted by Gasteiger charge is 2.24. The minimum Gasteiger partial charge on any atom is -0.477 e. The number of carbonyl (C=O) groups is 1. The van der Waals surface area contributed by atoms with Gasteiger partial charge in [-0.05, 0) is 44.0 Å². The van der Waals surface area contributed by atoms with Crippen molar-refractivity contribution in [2.75, 3.05) is 18.1 Å².